The van der Waals surface area contributed by atoms with Crippen molar-refractivity contribution in [2.24, 2.45) is 30.2 Å². The number of aromatic carboxylic acids is 1. The molecule has 27 heavy (non-hydrogen) atoms. The van der Waals surface area contributed by atoms with Gasteiger partial charge in [0.05, 0.1) is 28.5 Å². The number of carboxylic acids is 1. The van der Waals surface area contributed by atoms with Gasteiger partial charge in [-0.15, -0.1) is 0 Å². The van der Waals surface area contributed by atoms with Gasteiger partial charge in [-0.25, -0.2) is 9.78 Å². The largest absolute Gasteiger partial charge is 0.478 e. The van der Waals surface area contributed by atoms with Gasteiger partial charge >= 0.3 is 5.97 Å². The highest BCUT2D eigenvalue weighted by atomic mass is 16.4. The SMILES string of the molecule is Cn1cnc2cc(C(=O)NCC34CC5CC(CC(C5)C3)C4)c(C(=O)O)cc21. The predicted octanol–water partition coefficient (Wildman–Crippen LogP) is 3.22. The lowest BCUT2D eigenvalue weighted by atomic mass is 9.49. The molecule has 2 N–H and O–H groups in total. The number of aryl methyl sites for hydroxylation is 1. The highest BCUT2D eigenvalue weighted by molar-refractivity contribution is 6.07. The Labute approximate surface area is 158 Å². The summed E-state index contributed by atoms with van der Waals surface area (Å²) in [5.74, 6) is 1.10. The normalized spacial score (nSPS) is 31.4. The second-order valence-electron chi connectivity index (χ2n) is 9.15. The van der Waals surface area contributed by atoms with Crippen LogP contribution in [-0.2, 0) is 7.05 Å². The molecule has 4 bridgehead atoms. The van der Waals surface area contributed by atoms with Gasteiger partial charge in [0.2, 0.25) is 0 Å². The number of nitrogens with zero attached hydrogens (tertiary/aromatic N) is 2. The lowest BCUT2D eigenvalue weighted by Crippen LogP contribution is -2.51. The molecule has 0 saturated heterocycles. The number of benzene rings is 1. The molecule has 6 nitrogen and oxygen atoms in total. The summed E-state index contributed by atoms with van der Waals surface area (Å²) in [7, 11) is 1.81. The molecule has 4 fully saturated rings. The first-order valence-corrected chi connectivity index (χ1v) is 9.89. The Bertz CT molecular complexity index is 910. The van der Waals surface area contributed by atoms with Crippen molar-refractivity contribution in [2.75, 3.05) is 6.54 Å². The third kappa shape index (κ3) is 2.73. The van der Waals surface area contributed by atoms with Gasteiger partial charge in [-0.1, -0.05) is 0 Å². The van der Waals surface area contributed by atoms with E-state index in [4.69, 9.17) is 0 Å². The first-order chi connectivity index (χ1) is 12.9. The van der Waals surface area contributed by atoms with Crippen LogP contribution in [0.2, 0.25) is 0 Å². The summed E-state index contributed by atoms with van der Waals surface area (Å²) in [6.45, 7) is 0.661. The lowest BCUT2D eigenvalue weighted by molar-refractivity contribution is -0.0503. The second-order valence-corrected chi connectivity index (χ2v) is 9.15. The predicted molar refractivity (Wildman–Crippen MR) is 101 cm³/mol. The maximum atomic E-state index is 12.9. The van der Waals surface area contributed by atoms with E-state index in [9.17, 15) is 14.7 Å². The van der Waals surface area contributed by atoms with E-state index < -0.39 is 5.97 Å². The monoisotopic (exact) mass is 367 g/mol. The van der Waals surface area contributed by atoms with Gasteiger partial charge in [-0.05, 0) is 73.8 Å². The summed E-state index contributed by atoms with van der Waals surface area (Å²) in [6, 6.07) is 3.15. The number of fused-ring (bicyclic) bond motifs is 1. The third-order valence-corrected chi connectivity index (χ3v) is 7.13. The number of aromatic nitrogens is 2. The molecule has 1 amide bonds. The number of hydrogen-bond acceptors (Lipinski definition) is 3. The van der Waals surface area contributed by atoms with Crippen LogP contribution >= 0.6 is 0 Å². The van der Waals surface area contributed by atoms with Crippen LogP contribution in [-0.4, -0.2) is 33.1 Å². The van der Waals surface area contributed by atoms with Gasteiger partial charge in [0.1, 0.15) is 0 Å². The summed E-state index contributed by atoms with van der Waals surface area (Å²) in [4.78, 5) is 28.9. The van der Waals surface area contributed by atoms with Gasteiger partial charge in [-0.2, -0.15) is 0 Å². The zero-order valence-electron chi connectivity index (χ0n) is 15.6. The van der Waals surface area contributed by atoms with Crippen molar-refractivity contribution in [3.05, 3.63) is 29.6 Å². The summed E-state index contributed by atoms with van der Waals surface area (Å²) in [6.07, 6.45) is 9.37. The molecule has 4 aliphatic rings. The second kappa shape index (κ2) is 5.81. The summed E-state index contributed by atoms with van der Waals surface area (Å²) < 4.78 is 1.76. The smallest absolute Gasteiger partial charge is 0.336 e. The van der Waals surface area contributed by atoms with E-state index >= 15 is 0 Å². The minimum absolute atomic E-state index is 0.0362. The molecular formula is C21H25N3O3. The molecule has 4 aliphatic carbocycles. The van der Waals surface area contributed by atoms with E-state index in [0.29, 0.717) is 17.6 Å². The molecule has 2 aromatic rings. The summed E-state index contributed by atoms with van der Waals surface area (Å²) >= 11 is 0. The molecule has 0 atom stereocenters. The number of carbonyl (C=O) groups excluding carboxylic acids is 1. The van der Waals surface area contributed by atoms with Gasteiger partial charge in [0.15, 0.2) is 0 Å². The molecule has 6 rings (SSSR count). The summed E-state index contributed by atoms with van der Waals surface area (Å²) in [5, 5.41) is 12.7. The van der Waals surface area contributed by atoms with Crippen LogP contribution in [0.5, 0.6) is 0 Å². The average Bonchev–Trinajstić information content (AvgIpc) is 2.98. The maximum Gasteiger partial charge on any atom is 0.336 e. The molecular weight excluding hydrogens is 342 g/mol. The minimum Gasteiger partial charge on any atom is -0.478 e. The van der Waals surface area contributed by atoms with E-state index in [2.05, 4.69) is 10.3 Å². The van der Waals surface area contributed by atoms with Crippen LogP contribution in [0.4, 0.5) is 0 Å². The zero-order chi connectivity index (χ0) is 18.8. The highest BCUT2D eigenvalue weighted by Crippen LogP contribution is 2.59. The number of carboxylic acid groups (broad SMARTS) is 1. The fourth-order valence-corrected chi connectivity index (χ4v) is 6.41. The van der Waals surface area contributed by atoms with Crippen LogP contribution < -0.4 is 5.32 Å². The van der Waals surface area contributed by atoms with Crippen molar-refractivity contribution in [1.82, 2.24) is 14.9 Å². The molecule has 0 unspecified atom stereocenters. The Morgan fingerprint density at radius 2 is 1.78 bits per heavy atom. The van der Waals surface area contributed by atoms with Gasteiger partial charge in [-0.3, -0.25) is 4.79 Å². The van der Waals surface area contributed by atoms with Gasteiger partial charge < -0.3 is 15.0 Å². The van der Waals surface area contributed by atoms with Crippen LogP contribution in [0.15, 0.2) is 18.5 Å². The first kappa shape index (κ1) is 16.8. The highest BCUT2D eigenvalue weighted by Gasteiger charge is 2.50. The van der Waals surface area contributed by atoms with E-state index in [1.54, 1.807) is 23.0 Å². The lowest BCUT2D eigenvalue weighted by Gasteiger charge is -2.56. The molecule has 0 aliphatic heterocycles. The topological polar surface area (TPSA) is 84.2 Å². The molecule has 4 saturated carbocycles. The van der Waals surface area contributed by atoms with E-state index in [-0.39, 0.29) is 22.4 Å². The van der Waals surface area contributed by atoms with E-state index in [1.807, 2.05) is 7.05 Å². The van der Waals surface area contributed by atoms with Crippen molar-refractivity contribution in [3.63, 3.8) is 0 Å². The van der Waals surface area contributed by atoms with Crippen molar-refractivity contribution in [2.45, 2.75) is 38.5 Å². The van der Waals surface area contributed by atoms with Crippen molar-refractivity contribution < 1.29 is 14.7 Å². The number of amides is 1. The standard InChI is InChI=1S/C21H25N3O3/c1-24-11-23-17-5-15(16(20(26)27)6-18(17)24)19(25)22-10-21-7-12-2-13(8-21)4-14(3-12)9-21/h5-6,11-14H,2-4,7-10H2,1H3,(H,22,25)(H,26,27). The Hall–Kier alpha value is -2.37. The fraction of sp³-hybridized carbons (Fsp3) is 0.571. The van der Waals surface area contributed by atoms with E-state index in [0.717, 1.165) is 17.8 Å². The van der Waals surface area contributed by atoms with Gasteiger partial charge in [0.25, 0.3) is 5.91 Å². The minimum atomic E-state index is -1.09. The van der Waals surface area contributed by atoms with E-state index in [1.165, 1.54) is 38.5 Å². The van der Waals surface area contributed by atoms with Crippen molar-refractivity contribution in [1.29, 1.82) is 0 Å². The molecule has 1 aromatic heterocycles. The molecule has 1 heterocycles. The molecule has 0 radical (unpaired) electrons. The number of rotatable bonds is 4. The quantitative estimate of drug-likeness (QED) is 0.869. The Morgan fingerprint density at radius 1 is 1.15 bits per heavy atom. The number of imidazole rings is 1. The van der Waals surface area contributed by atoms with Crippen LogP contribution in [0.25, 0.3) is 11.0 Å². The molecule has 142 valence electrons. The molecule has 1 aromatic carbocycles. The third-order valence-electron chi connectivity index (χ3n) is 7.13. The Kier molecular flexibility index (Phi) is 3.61. The Balaban J connectivity index is 1.40. The fourth-order valence-electron chi connectivity index (χ4n) is 6.41. The maximum absolute atomic E-state index is 12.9. The molecule has 6 heteroatoms. The number of nitrogens with one attached hydrogen (secondary N) is 1. The van der Waals surface area contributed by atoms with Crippen molar-refractivity contribution in [3.8, 4) is 0 Å². The number of hydrogen-bond donors (Lipinski definition) is 2. The van der Waals surface area contributed by atoms with Crippen LogP contribution in [0.1, 0.15) is 59.2 Å². The Morgan fingerprint density at radius 3 is 2.37 bits per heavy atom. The van der Waals surface area contributed by atoms with Crippen LogP contribution in [0, 0.1) is 23.2 Å². The zero-order valence-corrected chi connectivity index (χ0v) is 15.6. The van der Waals surface area contributed by atoms with Crippen LogP contribution in [0.3, 0.4) is 0 Å². The first-order valence-electron chi connectivity index (χ1n) is 9.89. The van der Waals surface area contributed by atoms with Gasteiger partial charge in [0, 0.05) is 13.6 Å². The summed E-state index contributed by atoms with van der Waals surface area (Å²) in [5.41, 5.74) is 1.82. The van der Waals surface area contributed by atoms with Crippen molar-refractivity contribution >= 4 is 22.9 Å². The molecule has 0 spiro atoms. The average molecular weight is 367 g/mol. The number of carbonyl (C=O) groups is 2.